The summed E-state index contributed by atoms with van der Waals surface area (Å²) in [5.74, 6) is 0.113. The maximum atomic E-state index is 12.1. The standard InChI is InChI=1S/C14H16BrF2N3O/c1-2-7-20-13(11(15)8-19-20)12(18)9-3-5-10(6-4-9)21-14(16)17/h3-6,8,12,14H,2,7,18H2,1H3. The third-order valence-electron chi connectivity index (χ3n) is 3.03. The molecule has 1 unspecified atom stereocenters. The molecule has 1 aromatic heterocycles. The Kier molecular flexibility index (Phi) is 5.30. The van der Waals surface area contributed by atoms with E-state index >= 15 is 0 Å². The van der Waals surface area contributed by atoms with E-state index < -0.39 is 12.7 Å². The first kappa shape index (κ1) is 15.9. The van der Waals surface area contributed by atoms with Crippen molar-refractivity contribution in [1.82, 2.24) is 9.78 Å². The van der Waals surface area contributed by atoms with Gasteiger partial charge in [0.2, 0.25) is 0 Å². The van der Waals surface area contributed by atoms with Crippen LogP contribution in [0.5, 0.6) is 5.75 Å². The first-order valence-electron chi connectivity index (χ1n) is 6.54. The summed E-state index contributed by atoms with van der Waals surface area (Å²) >= 11 is 3.45. The second-order valence-corrected chi connectivity index (χ2v) is 5.38. The van der Waals surface area contributed by atoms with Gasteiger partial charge in [0.15, 0.2) is 0 Å². The van der Waals surface area contributed by atoms with Crippen molar-refractivity contribution >= 4 is 15.9 Å². The molecule has 2 aromatic rings. The Labute approximate surface area is 130 Å². The summed E-state index contributed by atoms with van der Waals surface area (Å²) in [4.78, 5) is 0. The van der Waals surface area contributed by atoms with E-state index in [0.717, 1.165) is 28.7 Å². The Balaban J connectivity index is 2.23. The zero-order chi connectivity index (χ0) is 15.4. The van der Waals surface area contributed by atoms with Crippen LogP contribution in [0.15, 0.2) is 34.9 Å². The van der Waals surface area contributed by atoms with E-state index in [4.69, 9.17) is 5.73 Å². The lowest BCUT2D eigenvalue weighted by Crippen LogP contribution is -2.18. The van der Waals surface area contributed by atoms with E-state index in [1.807, 2.05) is 4.68 Å². The molecule has 0 aliphatic rings. The van der Waals surface area contributed by atoms with Gasteiger partial charge in [-0.05, 0) is 40.0 Å². The fourth-order valence-electron chi connectivity index (χ4n) is 2.09. The second kappa shape index (κ2) is 7.00. The van der Waals surface area contributed by atoms with Crippen LogP contribution in [-0.2, 0) is 6.54 Å². The maximum Gasteiger partial charge on any atom is 0.387 e. The van der Waals surface area contributed by atoms with Crippen molar-refractivity contribution in [2.45, 2.75) is 32.5 Å². The predicted octanol–water partition coefficient (Wildman–Crippen LogP) is 3.71. The van der Waals surface area contributed by atoms with Gasteiger partial charge in [0.05, 0.1) is 22.4 Å². The van der Waals surface area contributed by atoms with Crippen LogP contribution < -0.4 is 10.5 Å². The van der Waals surface area contributed by atoms with Crippen molar-refractivity contribution in [3.8, 4) is 5.75 Å². The molecule has 4 nitrogen and oxygen atoms in total. The summed E-state index contributed by atoms with van der Waals surface area (Å²) in [7, 11) is 0. The molecule has 0 aliphatic carbocycles. The van der Waals surface area contributed by atoms with Gasteiger partial charge in [0, 0.05) is 6.54 Å². The number of ether oxygens (including phenoxy) is 1. The molecular formula is C14H16BrF2N3O. The molecule has 0 bridgehead atoms. The molecule has 0 spiro atoms. The number of aromatic nitrogens is 2. The van der Waals surface area contributed by atoms with Crippen LogP contribution in [0.4, 0.5) is 8.78 Å². The fourth-order valence-corrected chi connectivity index (χ4v) is 2.63. The quantitative estimate of drug-likeness (QED) is 0.855. The monoisotopic (exact) mass is 359 g/mol. The van der Waals surface area contributed by atoms with E-state index in [9.17, 15) is 8.78 Å². The van der Waals surface area contributed by atoms with E-state index in [2.05, 4.69) is 32.7 Å². The van der Waals surface area contributed by atoms with Gasteiger partial charge in [-0.25, -0.2) is 0 Å². The van der Waals surface area contributed by atoms with Crippen LogP contribution in [-0.4, -0.2) is 16.4 Å². The average Bonchev–Trinajstić information content (AvgIpc) is 2.80. The largest absolute Gasteiger partial charge is 0.435 e. The fraction of sp³-hybridized carbons (Fsp3) is 0.357. The van der Waals surface area contributed by atoms with Gasteiger partial charge < -0.3 is 10.5 Å². The lowest BCUT2D eigenvalue weighted by Gasteiger charge is -2.16. The number of rotatable bonds is 6. The number of nitrogens with zero attached hydrogens (tertiary/aromatic N) is 2. The first-order valence-corrected chi connectivity index (χ1v) is 7.33. The van der Waals surface area contributed by atoms with Crippen molar-refractivity contribution in [1.29, 1.82) is 0 Å². The summed E-state index contributed by atoms with van der Waals surface area (Å²) in [5, 5.41) is 4.27. The van der Waals surface area contributed by atoms with Gasteiger partial charge in [0.25, 0.3) is 0 Å². The molecule has 1 aromatic carbocycles. The number of hydrogen-bond donors (Lipinski definition) is 1. The summed E-state index contributed by atoms with van der Waals surface area (Å²) in [5.41, 5.74) is 7.93. The minimum Gasteiger partial charge on any atom is -0.435 e. The number of aryl methyl sites for hydroxylation is 1. The van der Waals surface area contributed by atoms with Gasteiger partial charge in [-0.1, -0.05) is 19.1 Å². The molecule has 0 fully saturated rings. The Morgan fingerprint density at radius 2 is 2.00 bits per heavy atom. The first-order chi connectivity index (χ1) is 10.0. The van der Waals surface area contributed by atoms with Crippen LogP contribution in [0, 0.1) is 0 Å². The predicted molar refractivity (Wildman–Crippen MR) is 79.3 cm³/mol. The molecule has 7 heteroatoms. The third kappa shape index (κ3) is 3.79. The highest BCUT2D eigenvalue weighted by molar-refractivity contribution is 9.10. The van der Waals surface area contributed by atoms with Gasteiger partial charge in [-0.3, -0.25) is 4.68 Å². The van der Waals surface area contributed by atoms with Crippen LogP contribution in [0.3, 0.4) is 0 Å². The Morgan fingerprint density at radius 3 is 2.57 bits per heavy atom. The van der Waals surface area contributed by atoms with E-state index in [-0.39, 0.29) is 5.75 Å². The van der Waals surface area contributed by atoms with Gasteiger partial charge >= 0.3 is 6.61 Å². The Hall–Kier alpha value is -1.47. The van der Waals surface area contributed by atoms with Crippen LogP contribution >= 0.6 is 15.9 Å². The third-order valence-corrected chi connectivity index (χ3v) is 3.64. The zero-order valence-electron chi connectivity index (χ0n) is 11.5. The molecule has 1 atom stereocenters. The molecule has 2 N–H and O–H groups in total. The highest BCUT2D eigenvalue weighted by Crippen LogP contribution is 2.28. The number of benzene rings is 1. The molecule has 0 saturated heterocycles. The van der Waals surface area contributed by atoms with Crippen molar-refractivity contribution in [2.24, 2.45) is 5.73 Å². The number of hydrogen-bond acceptors (Lipinski definition) is 3. The van der Waals surface area contributed by atoms with Crippen LogP contribution in [0.25, 0.3) is 0 Å². The van der Waals surface area contributed by atoms with Crippen LogP contribution in [0.1, 0.15) is 30.6 Å². The van der Waals surface area contributed by atoms with E-state index in [1.165, 1.54) is 12.1 Å². The lowest BCUT2D eigenvalue weighted by molar-refractivity contribution is -0.0498. The van der Waals surface area contributed by atoms with Crippen molar-refractivity contribution < 1.29 is 13.5 Å². The summed E-state index contributed by atoms with van der Waals surface area (Å²) in [6, 6.07) is 5.93. The summed E-state index contributed by atoms with van der Waals surface area (Å²) in [6.45, 7) is -0.00703. The molecule has 0 saturated carbocycles. The Bertz CT molecular complexity index is 586. The highest BCUT2D eigenvalue weighted by Gasteiger charge is 2.18. The topological polar surface area (TPSA) is 53.1 Å². The van der Waals surface area contributed by atoms with Gasteiger partial charge in [0.1, 0.15) is 5.75 Å². The van der Waals surface area contributed by atoms with Gasteiger partial charge in [-0.2, -0.15) is 13.9 Å². The van der Waals surface area contributed by atoms with Crippen molar-refractivity contribution in [2.75, 3.05) is 0 Å². The maximum absolute atomic E-state index is 12.1. The highest BCUT2D eigenvalue weighted by atomic mass is 79.9. The summed E-state index contributed by atoms with van der Waals surface area (Å²) < 4.78 is 31.3. The average molecular weight is 360 g/mol. The second-order valence-electron chi connectivity index (χ2n) is 4.53. The molecule has 0 radical (unpaired) electrons. The number of alkyl halides is 2. The molecule has 21 heavy (non-hydrogen) atoms. The zero-order valence-corrected chi connectivity index (χ0v) is 13.1. The van der Waals surface area contributed by atoms with E-state index in [0.29, 0.717) is 0 Å². The molecular weight excluding hydrogens is 344 g/mol. The number of halogens is 3. The lowest BCUT2D eigenvalue weighted by atomic mass is 10.0. The minimum atomic E-state index is -2.83. The van der Waals surface area contributed by atoms with E-state index in [1.54, 1.807) is 18.3 Å². The smallest absolute Gasteiger partial charge is 0.387 e. The molecule has 0 amide bonds. The van der Waals surface area contributed by atoms with Crippen LogP contribution in [0.2, 0.25) is 0 Å². The number of nitrogens with two attached hydrogens (primary N) is 1. The molecule has 2 rings (SSSR count). The SMILES string of the molecule is CCCn1ncc(Br)c1C(N)c1ccc(OC(F)F)cc1. The molecule has 1 heterocycles. The van der Waals surface area contributed by atoms with Crippen molar-refractivity contribution in [3.63, 3.8) is 0 Å². The van der Waals surface area contributed by atoms with Gasteiger partial charge in [-0.15, -0.1) is 0 Å². The Morgan fingerprint density at radius 1 is 1.33 bits per heavy atom. The molecule has 0 aliphatic heterocycles. The molecule has 114 valence electrons. The minimum absolute atomic E-state index is 0.113. The normalized spacial score (nSPS) is 12.7. The summed E-state index contributed by atoms with van der Waals surface area (Å²) in [6.07, 6.45) is 2.65. The van der Waals surface area contributed by atoms with Crippen molar-refractivity contribution in [3.05, 3.63) is 46.2 Å².